The van der Waals surface area contributed by atoms with Crippen molar-refractivity contribution in [2.24, 2.45) is 17.6 Å². The molecule has 3 nitrogen and oxygen atoms in total. The second-order valence-corrected chi connectivity index (χ2v) is 6.60. The monoisotopic (exact) mass is 306 g/mol. The van der Waals surface area contributed by atoms with E-state index in [0.717, 1.165) is 36.1 Å². The zero-order valence-corrected chi connectivity index (χ0v) is 13.9. The van der Waals surface area contributed by atoms with E-state index in [1.807, 2.05) is 24.3 Å². The van der Waals surface area contributed by atoms with Crippen LogP contribution in [0.1, 0.15) is 32.3 Å². The summed E-state index contributed by atoms with van der Waals surface area (Å²) in [6, 6.07) is 7.72. The number of nitrogens with zero attached hydrogens (tertiary/aromatic N) is 1. The van der Waals surface area contributed by atoms with Crippen LogP contribution in [-0.2, 0) is 0 Å². The Morgan fingerprint density at radius 1 is 1.43 bits per heavy atom. The molecule has 0 spiro atoms. The van der Waals surface area contributed by atoms with Gasteiger partial charge < -0.3 is 15.4 Å². The number of likely N-dealkylation sites (tertiary alicyclic amines) is 1. The Bertz CT molecular complexity index is 476. The number of hydrogen-bond acceptors (Lipinski definition) is 3. The number of thiocarbonyl (C=S) groups is 1. The summed E-state index contributed by atoms with van der Waals surface area (Å²) in [5.41, 5.74) is 6.53. The lowest BCUT2D eigenvalue weighted by atomic mass is 9.95. The summed E-state index contributed by atoms with van der Waals surface area (Å²) in [6.45, 7) is 8.93. The second-order valence-electron chi connectivity index (χ2n) is 6.16. The van der Waals surface area contributed by atoms with E-state index in [1.54, 1.807) is 0 Å². The van der Waals surface area contributed by atoms with E-state index in [4.69, 9.17) is 22.7 Å². The number of nitrogens with two attached hydrogens (primary N) is 1. The second kappa shape index (κ2) is 7.76. The Labute approximate surface area is 133 Å². The van der Waals surface area contributed by atoms with Crippen LogP contribution < -0.4 is 10.5 Å². The molecule has 1 aliphatic heterocycles. The fourth-order valence-corrected chi connectivity index (χ4v) is 3.04. The number of benzene rings is 1. The molecule has 0 bridgehead atoms. The van der Waals surface area contributed by atoms with E-state index >= 15 is 0 Å². The summed E-state index contributed by atoms with van der Waals surface area (Å²) in [5.74, 6) is 2.46. The maximum Gasteiger partial charge on any atom is 0.129 e. The Balaban J connectivity index is 1.72. The molecule has 1 fully saturated rings. The molecule has 1 aliphatic rings. The van der Waals surface area contributed by atoms with Gasteiger partial charge in [0.25, 0.3) is 0 Å². The molecule has 116 valence electrons. The Morgan fingerprint density at radius 2 is 2.19 bits per heavy atom. The van der Waals surface area contributed by atoms with Crippen LogP contribution in [0.25, 0.3) is 0 Å². The third-order valence-corrected chi connectivity index (χ3v) is 4.50. The van der Waals surface area contributed by atoms with Gasteiger partial charge in [-0.05, 0) is 43.4 Å². The van der Waals surface area contributed by atoms with Crippen LogP contribution in [0.3, 0.4) is 0 Å². The first-order valence-corrected chi connectivity index (χ1v) is 8.22. The van der Waals surface area contributed by atoms with Gasteiger partial charge in [0.2, 0.25) is 0 Å². The highest BCUT2D eigenvalue weighted by atomic mass is 32.1. The maximum atomic E-state index is 5.84. The summed E-state index contributed by atoms with van der Waals surface area (Å²) in [6.07, 6.45) is 2.37. The molecule has 0 radical (unpaired) electrons. The van der Waals surface area contributed by atoms with Crippen molar-refractivity contribution in [1.82, 2.24) is 4.90 Å². The van der Waals surface area contributed by atoms with Gasteiger partial charge in [0, 0.05) is 13.1 Å². The summed E-state index contributed by atoms with van der Waals surface area (Å²) in [4.78, 5) is 2.94. The van der Waals surface area contributed by atoms with Crippen molar-refractivity contribution in [1.29, 1.82) is 0 Å². The summed E-state index contributed by atoms with van der Waals surface area (Å²) in [7, 11) is 0. The van der Waals surface area contributed by atoms with Crippen LogP contribution in [0.2, 0.25) is 0 Å². The molecule has 1 unspecified atom stereocenters. The smallest absolute Gasteiger partial charge is 0.129 e. The fraction of sp³-hybridized carbons (Fsp3) is 0.588. The molecule has 2 N–H and O–H groups in total. The maximum absolute atomic E-state index is 5.84. The highest BCUT2D eigenvalue weighted by Crippen LogP contribution is 2.23. The van der Waals surface area contributed by atoms with Crippen molar-refractivity contribution < 1.29 is 4.74 Å². The first-order chi connectivity index (χ1) is 10.1. The van der Waals surface area contributed by atoms with Gasteiger partial charge in [-0.2, -0.15) is 0 Å². The van der Waals surface area contributed by atoms with Gasteiger partial charge in [-0.3, -0.25) is 0 Å². The molecule has 4 heteroatoms. The first kappa shape index (κ1) is 16.2. The van der Waals surface area contributed by atoms with E-state index in [1.165, 1.54) is 19.5 Å². The minimum Gasteiger partial charge on any atom is -0.493 e. The summed E-state index contributed by atoms with van der Waals surface area (Å²) < 4.78 is 5.84. The molecule has 0 aliphatic carbocycles. The zero-order valence-electron chi connectivity index (χ0n) is 13.0. The number of para-hydroxylation sites is 1. The van der Waals surface area contributed by atoms with Crippen LogP contribution in [-0.4, -0.2) is 36.1 Å². The quantitative estimate of drug-likeness (QED) is 0.621. The lowest BCUT2D eigenvalue weighted by molar-refractivity contribution is 0.252. The minimum absolute atomic E-state index is 0.393. The minimum atomic E-state index is 0.393. The van der Waals surface area contributed by atoms with Crippen LogP contribution in [0.5, 0.6) is 5.75 Å². The fourth-order valence-electron chi connectivity index (χ4n) is 2.88. The van der Waals surface area contributed by atoms with Crippen LogP contribution in [0.15, 0.2) is 24.3 Å². The molecular weight excluding hydrogens is 280 g/mol. The summed E-state index contributed by atoms with van der Waals surface area (Å²) in [5, 5.41) is 0. The van der Waals surface area contributed by atoms with Gasteiger partial charge >= 0.3 is 0 Å². The molecule has 1 heterocycles. The molecule has 0 aromatic heterocycles. The Kier molecular flexibility index (Phi) is 6.00. The molecule has 21 heavy (non-hydrogen) atoms. The highest BCUT2D eigenvalue weighted by molar-refractivity contribution is 7.80. The number of ether oxygens (including phenoxy) is 1. The normalized spacial score (nSPS) is 19.1. The van der Waals surface area contributed by atoms with Crippen LogP contribution in [0.4, 0.5) is 0 Å². The molecule has 0 amide bonds. The van der Waals surface area contributed by atoms with E-state index in [2.05, 4.69) is 18.7 Å². The van der Waals surface area contributed by atoms with Crippen molar-refractivity contribution in [3.63, 3.8) is 0 Å². The van der Waals surface area contributed by atoms with Crippen LogP contribution in [0, 0.1) is 11.8 Å². The zero-order chi connectivity index (χ0) is 15.2. The molecule has 1 atom stereocenters. The summed E-state index contributed by atoms with van der Waals surface area (Å²) >= 11 is 5.04. The standard InChI is InChI=1S/C17H26N2OS/c1-13(2)14-8-10-19(12-14)9-5-11-20-16-7-4-3-6-15(16)17(18)21/h3-4,6-7,13-14H,5,8-12H2,1-2H3,(H2,18,21). The highest BCUT2D eigenvalue weighted by Gasteiger charge is 2.24. The lowest BCUT2D eigenvalue weighted by Gasteiger charge is -2.18. The third-order valence-electron chi connectivity index (χ3n) is 4.28. The molecule has 1 saturated heterocycles. The van der Waals surface area contributed by atoms with Gasteiger partial charge in [0.15, 0.2) is 0 Å². The van der Waals surface area contributed by atoms with Crippen molar-refractivity contribution >= 4 is 17.2 Å². The molecular formula is C17H26N2OS. The predicted molar refractivity (Wildman–Crippen MR) is 91.8 cm³/mol. The van der Waals surface area contributed by atoms with Crippen molar-refractivity contribution in [3.05, 3.63) is 29.8 Å². The van der Waals surface area contributed by atoms with E-state index < -0.39 is 0 Å². The van der Waals surface area contributed by atoms with Crippen molar-refractivity contribution in [2.45, 2.75) is 26.7 Å². The topological polar surface area (TPSA) is 38.5 Å². The largest absolute Gasteiger partial charge is 0.493 e. The van der Waals surface area contributed by atoms with Gasteiger partial charge in [0.1, 0.15) is 10.7 Å². The molecule has 0 saturated carbocycles. The lowest BCUT2D eigenvalue weighted by Crippen LogP contribution is -2.24. The average Bonchev–Trinajstić information content (AvgIpc) is 2.93. The van der Waals surface area contributed by atoms with Crippen molar-refractivity contribution in [2.75, 3.05) is 26.2 Å². The van der Waals surface area contributed by atoms with Gasteiger partial charge in [-0.15, -0.1) is 0 Å². The van der Waals surface area contributed by atoms with Gasteiger partial charge in [-0.1, -0.05) is 38.2 Å². The first-order valence-electron chi connectivity index (χ1n) is 7.82. The van der Waals surface area contributed by atoms with E-state index in [-0.39, 0.29) is 0 Å². The Morgan fingerprint density at radius 3 is 2.86 bits per heavy atom. The molecule has 1 aromatic carbocycles. The number of hydrogen-bond donors (Lipinski definition) is 1. The van der Waals surface area contributed by atoms with E-state index in [9.17, 15) is 0 Å². The average molecular weight is 306 g/mol. The van der Waals surface area contributed by atoms with Gasteiger partial charge in [0.05, 0.1) is 12.2 Å². The SMILES string of the molecule is CC(C)C1CCN(CCCOc2ccccc2C(N)=S)C1. The Hall–Kier alpha value is -1.13. The van der Waals surface area contributed by atoms with Gasteiger partial charge in [-0.25, -0.2) is 0 Å². The number of rotatable bonds is 7. The van der Waals surface area contributed by atoms with Crippen LogP contribution >= 0.6 is 12.2 Å². The van der Waals surface area contributed by atoms with Crippen molar-refractivity contribution in [3.8, 4) is 5.75 Å². The van der Waals surface area contributed by atoms with E-state index in [0.29, 0.717) is 11.6 Å². The molecule has 2 rings (SSSR count). The molecule has 1 aromatic rings. The predicted octanol–water partition coefficient (Wildman–Crippen LogP) is 3.07. The third kappa shape index (κ3) is 4.68.